The highest BCUT2D eigenvalue weighted by molar-refractivity contribution is 5.55. The van der Waals surface area contributed by atoms with E-state index in [1.54, 1.807) is 6.92 Å². The van der Waals surface area contributed by atoms with Gasteiger partial charge in [0.25, 0.3) is 5.56 Å². The first-order valence-corrected chi connectivity index (χ1v) is 5.03. The lowest BCUT2D eigenvalue weighted by Gasteiger charge is -2.17. The van der Waals surface area contributed by atoms with Crippen LogP contribution in [0.1, 0.15) is 5.69 Å². The second kappa shape index (κ2) is 4.18. The molecule has 1 N–H and O–H groups in total. The monoisotopic (exact) mass is 215 g/mol. The fourth-order valence-corrected chi connectivity index (χ4v) is 1.50. The Morgan fingerprint density at radius 2 is 1.94 bits per heavy atom. The van der Waals surface area contributed by atoms with Crippen LogP contribution in [0.5, 0.6) is 0 Å². The predicted molar refractivity (Wildman–Crippen MR) is 64.1 cm³/mol. The van der Waals surface area contributed by atoms with Crippen molar-refractivity contribution < 1.29 is 0 Å². The van der Waals surface area contributed by atoms with Gasteiger partial charge in [-0.15, -0.1) is 0 Å². The zero-order chi connectivity index (χ0) is 11.5. The van der Waals surface area contributed by atoms with Crippen molar-refractivity contribution in [1.29, 1.82) is 0 Å². The van der Waals surface area contributed by atoms with Crippen molar-refractivity contribution in [3.63, 3.8) is 0 Å². The maximum Gasteiger partial charge on any atom is 0.252 e. The average molecular weight is 215 g/mol. The molecule has 0 aliphatic carbocycles. The Morgan fingerprint density at radius 3 is 2.56 bits per heavy atom. The minimum absolute atomic E-state index is 0.134. The maximum absolute atomic E-state index is 11.3. The van der Waals surface area contributed by atoms with Gasteiger partial charge < -0.3 is 4.90 Å². The molecule has 0 amide bonds. The van der Waals surface area contributed by atoms with Crippen LogP contribution in [-0.4, -0.2) is 17.0 Å². The van der Waals surface area contributed by atoms with Gasteiger partial charge in [0.15, 0.2) is 0 Å². The van der Waals surface area contributed by atoms with E-state index < -0.39 is 0 Å². The number of hydrogen-bond donors (Lipinski definition) is 1. The molecule has 1 aromatic heterocycles. The first-order valence-electron chi connectivity index (χ1n) is 5.03. The van der Waals surface area contributed by atoms with Gasteiger partial charge in [-0.3, -0.25) is 9.78 Å². The standard InChI is InChI=1S/C12H13N3O/c1-9-8-11(16)14-12(13-9)15(2)10-6-4-3-5-7-10/h3-8H,1-2H3,(H,13,14,16). The Morgan fingerprint density at radius 1 is 1.25 bits per heavy atom. The summed E-state index contributed by atoms with van der Waals surface area (Å²) in [5.74, 6) is 0.552. The molecule has 4 nitrogen and oxygen atoms in total. The number of nitrogens with zero attached hydrogens (tertiary/aromatic N) is 2. The lowest BCUT2D eigenvalue weighted by atomic mass is 10.3. The maximum atomic E-state index is 11.3. The fourth-order valence-electron chi connectivity index (χ4n) is 1.50. The largest absolute Gasteiger partial charge is 0.315 e. The number of H-pyrrole nitrogens is 1. The topological polar surface area (TPSA) is 49.0 Å². The molecular weight excluding hydrogens is 202 g/mol. The zero-order valence-corrected chi connectivity index (χ0v) is 9.27. The first-order chi connectivity index (χ1) is 7.66. The number of rotatable bonds is 2. The third-order valence-electron chi connectivity index (χ3n) is 2.32. The van der Waals surface area contributed by atoms with E-state index in [0.29, 0.717) is 11.6 Å². The molecule has 1 aromatic carbocycles. The molecule has 0 aliphatic rings. The van der Waals surface area contributed by atoms with Crippen molar-refractivity contribution in [2.75, 3.05) is 11.9 Å². The molecule has 16 heavy (non-hydrogen) atoms. The Bertz CT molecular complexity index is 533. The molecule has 1 heterocycles. The summed E-state index contributed by atoms with van der Waals surface area (Å²) < 4.78 is 0. The minimum atomic E-state index is -0.134. The van der Waals surface area contributed by atoms with Crippen molar-refractivity contribution in [2.24, 2.45) is 0 Å². The molecule has 0 saturated heterocycles. The van der Waals surface area contributed by atoms with Crippen LogP contribution in [0.2, 0.25) is 0 Å². The van der Waals surface area contributed by atoms with Gasteiger partial charge in [0, 0.05) is 24.5 Å². The van der Waals surface area contributed by atoms with E-state index in [1.807, 2.05) is 42.3 Å². The molecule has 0 saturated carbocycles. The SMILES string of the molecule is Cc1cc(=O)[nH]c(N(C)c2ccccc2)n1. The van der Waals surface area contributed by atoms with Gasteiger partial charge in [0.1, 0.15) is 0 Å². The van der Waals surface area contributed by atoms with Crippen molar-refractivity contribution in [3.05, 3.63) is 52.4 Å². The van der Waals surface area contributed by atoms with E-state index in [4.69, 9.17) is 0 Å². The number of nitrogens with one attached hydrogen (secondary N) is 1. The summed E-state index contributed by atoms with van der Waals surface area (Å²) in [5.41, 5.74) is 1.56. The van der Waals surface area contributed by atoms with E-state index >= 15 is 0 Å². The lowest BCUT2D eigenvalue weighted by Crippen LogP contribution is -2.18. The second-order valence-corrected chi connectivity index (χ2v) is 3.60. The van der Waals surface area contributed by atoms with Gasteiger partial charge in [-0.25, -0.2) is 4.98 Å². The van der Waals surface area contributed by atoms with Crippen LogP contribution in [0, 0.1) is 6.92 Å². The van der Waals surface area contributed by atoms with Crippen molar-refractivity contribution >= 4 is 11.6 Å². The average Bonchev–Trinajstić information content (AvgIpc) is 2.28. The predicted octanol–water partition coefficient (Wildman–Crippen LogP) is 1.85. The molecule has 0 bridgehead atoms. The molecule has 0 radical (unpaired) electrons. The van der Waals surface area contributed by atoms with Gasteiger partial charge >= 0.3 is 0 Å². The third kappa shape index (κ3) is 2.11. The highest BCUT2D eigenvalue weighted by Crippen LogP contribution is 2.17. The first kappa shape index (κ1) is 10.4. The number of hydrogen-bond acceptors (Lipinski definition) is 3. The summed E-state index contributed by atoms with van der Waals surface area (Å²) in [7, 11) is 1.87. The van der Waals surface area contributed by atoms with E-state index in [-0.39, 0.29) is 5.56 Å². The highest BCUT2D eigenvalue weighted by Gasteiger charge is 2.06. The smallest absolute Gasteiger partial charge is 0.252 e. The normalized spacial score (nSPS) is 10.1. The van der Waals surface area contributed by atoms with Crippen LogP contribution in [0.25, 0.3) is 0 Å². The second-order valence-electron chi connectivity index (χ2n) is 3.60. The van der Waals surface area contributed by atoms with Gasteiger partial charge in [-0.2, -0.15) is 0 Å². The van der Waals surface area contributed by atoms with E-state index in [0.717, 1.165) is 5.69 Å². The van der Waals surface area contributed by atoms with Gasteiger partial charge in [0.2, 0.25) is 5.95 Å². The third-order valence-corrected chi connectivity index (χ3v) is 2.32. The van der Waals surface area contributed by atoms with Crippen LogP contribution in [0.4, 0.5) is 11.6 Å². The Balaban J connectivity index is 2.41. The quantitative estimate of drug-likeness (QED) is 0.831. The van der Waals surface area contributed by atoms with Crippen molar-refractivity contribution in [2.45, 2.75) is 6.92 Å². The van der Waals surface area contributed by atoms with Gasteiger partial charge in [-0.05, 0) is 19.1 Å². The zero-order valence-electron chi connectivity index (χ0n) is 9.27. The minimum Gasteiger partial charge on any atom is -0.315 e. The van der Waals surface area contributed by atoms with Crippen LogP contribution in [-0.2, 0) is 0 Å². The number of benzene rings is 1. The molecule has 0 atom stereocenters. The Hall–Kier alpha value is -2.10. The Kier molecular flexibility index (Phi) is 2.72. The number of aromatic nitrogens is 2. The molecule has 2 rings (SSSR count). The Labute approximate surface area is 93.6 Å². The van der Waals surface area contributed by atoms with Gasteiger partial charge in [-0.1, -0.05) is 18.2 Å². The number of aromatic amines is 1. The van der Waals surface area contributed by atoms with E-state index in [2.05, 4.69) is 9.97 Å². The number of anilines is 2. The van der Waals surface area contributed by atoms with Crippen molar-refractivity contribution in [3.8, 4) is 0 Å². The van der Waals surface area contributed by atoms with Crippen LogP contribution in [0.15, 0.2) is 41.2 Å². The fraction of sp³-hybridized carbons (Fsp3) is 0.167. The van der Waals surface area contributed by atoms with Crippen LogP contribution in [0.3, 0.4) is 0 Å². The van der Waals surface area contributed by atoms with Crippen molar-refractivity contribution in [1.82, 2.24) is 9.97 Å². The summed E-state index contributed by atoms with van der Waals surface area (Å²) in [6.07, 6.45) is 0. The van der Waals surface area contributed by atoms with Crippen LogP contribution >= 0.6 is 0 Å². The molecule has 82 valence electrons. The summed E-state index contributed by atoms with van der Waals surface area (Å²) in [6.45, 7) is 1.80. The summed E-state index contributed by atoms with van der Waals surface area (Å²) >= 11 is 0. The molecule has 0 aliphatic heterocycles. The molecular formula is C12H13N3O. The van der Waals surface area contributed by atoms with Gasteiger partial charge in [0.05, 0.1) is 0 Å². The molecule has 2 aromatic rings. The summed E-state index contributed by atoms with van der Waals surface area (Å²) in [4.78, 5) is 20.2. The molecule has 0 fully saturated rings. The number of aryl methyl sites for hydroxylation is 1. The highest BCUT2D eigenvalue weighted by atomic mass is 16.1. The van der Waals surface area contributed by atoms with Crippen LogP contribution < -0.4 is 10.5 Å². The summed E-state index contributed by atoms with van der Waals surface area (Å²) in [5, 5.41) is 0. The molecule has 0 spiro atoms. The summed E-state index contributed by atoms with van der Waals surface area (Å²) in [6, 6.07) is 11.2. The number of para-hydroxylation sites is 1. The molecule has 4 heteroatoms. The lowest BCUT2D eigenvalue weighted by molar-refractivity contribution is 0.991. The van der Waals surface area contributed by atoms with E-state index in [1.165, 1.54) is 6.07 Å². The van der Waals surface area contributed by atoms with E-state index in [9.17, 15) is 4.79 Å². The molecule has 0 unspecified atom stereocenters.